The summed E-state index contributed by atoms with van der Waals surface area (Å²) in [6, 6.07) is 0. The van der Waals surface area contributed by atoms with Crippen LogP contribution in [-0.2, 0) is 0 Å². The van der Waals surface area contributed by atoms with Crippen molar-refractivity contribution >= 4 is 0 Å². The van der Waals surface area contributed by atoms with Gasteiger partial charge in [0, 0.05) is 11.8 Å². The van der Waals surface area contributed by atoms with E-state index in [2.05, 4.69) is 32.9 Å². The van der Waals surface area contributed by atoms with Gasteiger partial charge in [0.1, 0.15) is 0 Å². The van der Waals surface area contributed by atoms with E-state index < -0.39 is 17.8 Å². The van der Waals surface area contributed by atoms with Crippen LogP contribution in [0, 0.1) is 34.5 Å². The fourth-order valence-electron chi connectivity index (χ4n) is 8.08. The first-order chi connectivity index (χ1) is 14.0. The molecule has 4 aliphatic rings. The summed E-state index contributed by atoms with van der Waals surface area (Å²) in [4.78, 5) is 0. The van der Waals surface area contributed by atoms with E-state index in [-0.39, 0.29) is 5.41 Å². The van der Waals surface area contributed by atoms with Crippen molar-refractivity contribution < 1.29 is 15.3 Å². The molecule has 4 aliphatic carbocycles. The normalized spacial score (nSPS) is 44.5. The summed E-state index contributed by atoms with van der Waals surface area (Å²) in [6.07, 6.45) is 13.2. The lowest BCUT2D eigenvalue weighted by molar-refractivity contribution is -0.0545. The summed E-state index contributed by atoms with van der Waals surface area (Å²) < 4.78 is 0. The fraction of sp³-hybridized carbons (Fsp3) is 0.852. The van der Waals surface area contributed by atoms with Gasteiger partial charge in [-0.1, -0.05) is 56.9 Å². The summed E-state index contributed by atoms with van der Waals surface area (Å²) in [5.41, 5.74) is 2.47. The lowest BCUT2D eigenvalue weighted by Gasteiger charge is -2.56. The lowest BCUT2D eigenvalue weighted by Crippen LogP contribution is -2.52. The Morgan fingerprint density at radius 3 is 2.53 bits per heavy atom. The first kappa shape index (κ1) is 22.6. The topological polar surface area (TPSA) is 60.7 Å². The molecule has 3 saturated carbocycles. The average Bonchev–Trinajstić information content (AvgIpc) is 2.99. The third kappa shape index (κ3) is 3.63. The molecule has 0 amide bonds. The first-order valence-corrected chi connectivity index (χ1v) is 12.5. The Morgan fingerprint density at radius 2 is 1.83 bits per heavy atom. The molecule has 0 spiro atoms. The smallest absolute Gasteiger partial charge is 0.0661 e. The highest BCUT2D eigenvalue weighted by molar-refractivity contribution is 5.40. The third-order valence-corrected chi connectivity index (χ3v) is 9.86. The van der Waals surface area contributed by atoms with Crippen LogP contribution in [0.2, 0.25) is 0 Å². The van der Waals surface area contributed by atoms with Crippen LogP contribution in [0.4, 0.5) is 0 Å². The standard InChI is InChI=1S/C27H44O3/c1-17(7-6-13-25(2,3)30)21-10-11-22-20-9-8-18-15-19(28)16-24(29)27(18,5)23(20)12-14-26(21,22)4/h8-9,17,19,21-24,28-30H,6-7,10-16H2,1-5H3. The van der Waals surface area contributed by atoms with Crippen LogP contribution in [0.15, 0.2) is 23.3 Å². The number of hydrogen-bond acceptors (Lipinski definition) is 3. The SMILES string of the molecule is CC(CCCC(C)(C)O)C1CCC2C3=CC=C4CC(O)CC(O)C4(C)C3CCC21C. The second-order valence-electron chi connectivity index (χ2n) is 12.3. The molecule has 3 heteroatoms. The molecule has 0 aromatic carbocycles. The molecule has 4 rings (SSSR count). The quantitative estimate of drug-likeness (QED) is 0.563. The molecule has 0 heterocycles. The van der Waals surface area contributed by atoms with Gasteiger partial charge in [0.25, 0.3) is 0 Å². The van der Waals surface area contributed by atoms with E-state index >= 15 is 0 Å². The van der Waals surface area contributed by atoms with E-state index in [1.807, 2.05) is 13.8 Å². The van der Waals surface area contributed by atoms with E-state index in [9.17, 15) is 15.3 Å². The minimum absolute atomic E-state index is 0.193. The van der Waals surface area contributed by atoms with Gasteiger partial charge in [0.2, 0.25) is 0 Å². The van der Waals surface area contributed by atoms with Gasteiger partial charge in [-0.15, -0.1) is 0 Å². The maximum Gasteiger partial charge on any atom is 0.0661 e. The lowest BCUT2D eigenvalue weighted by atomic mass is 9.49. The predicted octanol–water partition coefficient (Wildman–Crippen LogP) is 5.39. The van der Waals surface area contributed by atoms with Crippen molar-refractivity contribution in [2.45, 2.75) is 110 Å². The van der Waals surface area contributed by atoms with E-state index in [4.69, 9.17) is 0 Å². The Labute approximate surface area is 183 Å². The van der Waals surface area contributed by atoms with Gasteiger partial charge in [-0.3, -0.25) is 0 Å². The summed E-state index contributed by atoms with van der Waals surface area (Å²) >= 11 is 0. The van der Waals surface area contributed by atoms with Gasteiger partial charge in [-0.25, -0.2) is 0 Å². The van der Waals surface area contributed by atoms with Crippen LogP contribution in [0.5, 0.6) is 0 Å². The number of allylic oxidation sites excluding steroid dienone is 3. The van der Waals surface area contributed by atoms with Gasteiger partial charge in [-0.2, -0.15) is 0 Å². The van der Waals surface area contributed by atoms with E-state index in [1.54, 1.807) is 5.57 Å². The molecule has 0 aliphatic heterocycles. The van der Waals surface area contributed by atoms with Crippen molar-refractivity contribution in [3.05, 3.63) is 23.3 Å². The van der Waals surface area contributed by atoms with Crippen molar-refractivity contribution in [3.63, 3.8) is 0 Å². The van der Waals surface area contributed by atoms with Crippen LogP contribution in [-0.4, -0.2) is 33.1 Å². The highest BCUT2D eigenvalue weighted by Crippen LogP contribution is 2.66. The molecule has 8 atom stereocenters. The molecule has 3 nitrogen and oxygen atoms in total. The average molecular weight is 417 g/mol. The van der Waals surface area contributed by atoms with E-state index in [0.29, 0.717) is 29.6 Å². The van der Waals surface area contributed by atoms with Gasteiger partial charge in [-0.05, 0) is 81.5 Å². The zero-order chi connectivity index (χ0) is 21.9. The van der Waals surface area contributed by atoms with Gasteiger partial charge < -0.3 is 15.3 Å². The van der Waals surface area contributed by atoms with Crippen LogP contribution in [0.3, 0.4) is 0 Å². The van der Waals surface area contributed by atoms with Crippen molar-refractivity contribution in [2.75, 3.05) is 0 Å². The van der Waals surface area contributed by atoms with Gasteiger partial charge in [0.15, 0.2) is 0 Å². The second kappa shape index (κ2) is 7.74. The number of fused-ring (bicyclic) bond motifs is 5. The number of hydrogen-bond donors (Lipinski definition) is 3. The Hall–Kier alpha value is -0.640. The molecule has 0 aromatic heterocycles. The molecule has 170 valence electrons. The molecule has 0 radical (unpaired) electrons. The van der Waals surface area contributed by atoms with E-state index in [1.165, 1.54) is 31.3 Å². The summed E-state index contributed by atoms with van der Waals surface area (Å²) in [6.45, 7) is 11.1. The Balaban J connectivity index is 1.53. The molecular weight excluding hydrogens is 372 g/mol. The maximum atomic E-state index is 11.0. The Kier molecular flexibility index (Phi) is 5.82. The van der Waals surface area contributed by atoms with Crippen LogP contribution >= 0.6 is 0 Å². The number of aliphatic hydroxyl groups is 3. The van der Waals surface area contributed by atoms with Crippen molar-refractivity contribution in [2.24, 2.45) is 34.5 Å². The zero-order valence-corrected chi connectivity index (χ0v) is 19.8. The summed E-state index contributed by atoms with van der Waals surface area (Å²) in [5, 5.41) is 31.3. The Bertz CT molecular complexity index is 716. The minimum Gasteiger partial charge on any atom is -0.393 e. The molecule has 0 saturated heterocycles. The Morgan fingerprint density at radius 1 is 1.10 bits per heavy atom. The highest BCUT2D eigenvalue weighted by Gasteiger charge is 2.58. The van der Waals surface area contributed by atoms with Crippen LogP contribution < -0.4 is 0 Å². The van der Waals surface area contributed by atoms with Crippen molar-refractivity contribution in [1.29, 1.82) is 0 Å². The van der Waals surface area contributed by atoms with Crippen LogP contribution in [0.25, 0.3) is 0 Å². The molecule has 0 aromatic rings. The minimum atomic E-state index is -0.555. The van der Waals surface area contributed by atoms with Gasteiger partial charge >= 0.3 is 0 Å². The monoisotopic (exact) mass is 416 g/mol. The highest BCUT2D eigenvalue weighted by atomic mass is 16.3. The molecule has 8 unspecified atom stereocenters. The van der Waals surface area contributed by atoms with E-state index in [0.717, 1.165) is 31.6 Å². The molecular formula is C27H44O3. The second-order valence-corrected chi connectivity index (χ2v) is 12.3. The fourth-order valence-corrected chi connectivity index (χ4v) is 8.08. The summed E-state index contributed by atoms with van der Waals surface area (Å²) in [7, 11) is 0. The van der Waals surface area contributed by atoms with Crippen molar-refractivity contribution in [3.8, 4) is 0 Å². The van der Waals surface area contributed by atoms with Crippen LogP contribution in [0.1, 0.15) is 92.4 Å². The largest absolute Gasteiger partial charge is 0.393 e. The number of rotatable bonds is 5. The molecule has 30 heavy (non-hydrogen) atoms. The predicted molar refractivity (Wildman–Crippen MR) is 122 cm³/mol. The molecule has 3 N–H and O–H groups in total. The number of aliphatic hydroxyl groups excluding tert-OH is 2. The summed E-state index contributed by atoms with van der Waals surface area (Å²) in [5.74, 6) is 2.51. The molecule has 0 bridgehead atoms. The third-order valence-electron chi connectivity index (χ3n) is 9.86. The zero-order valence-electron chi connectivity index (χ0n) is 19.8. The molecule has 3 fully saturated rings. The van der Waals surface area contributed by atoms with Crippen molar-refractivity contribution in [1.82, 2.24) is 0 Å². The van der Waals surface area contributed by atoms with Gasteiger partial charge in [0.05, 0.1) is 17.8 Å². The maximum absolute atomic E-state index is 11.0. The first-order valence-electron chi connectivity index (χ1n) is 12.5.